The average molecular weight is 367 g/mol. The molecule has 142 valence electrons. The van der Waals surface area contributed by atoms with Crippen LogP contribution in [-0.4, -0.2) is 42.2 Å². The number of ether oxygens (including phenoxy) is 1. The first kappa shape index (κ1) is 17.7. The zero-order valence-corrected chi connectivity index (χ0v) is 15.6. The lowest BCUT2D eigenvalue weighted by Crippen LogP contribution is -2.22. The Morgan fingerprint density at radius 3 is 2.59 bits per heavy atom. The number of anilines is 4. The summed E-state index contributed by atoms with van der Waals surface area (Å²) in [6.45, 7) is 5.19. The van der Waals surface area contributed by atoms with Crippen LogP contribution in [0.3, 0.4) is 0 Å². The maximum Gasteiger partial charge on any atom is 0.229 e. The molecular weight excluding hydrogens is 342 g/mol. The molecule has 0 saturated carbocycles. The Bertz CT molecular complexity index is 797. The summed E-state index contributed by atoms with van der Waals surface area (Å²) in [7, 11) is 0. The van der Waals surface area contributed by atoms with Gasteiger partial charge in [-0.25, -0.2) is 9.97 Å². The van der Waals surface area contributed by atoms with Crippen LogP contribution in [-0.2, 0) is 9.53 Å². The summed E-state index contributed by atoms with van der Waals surface area (Å²) in [6, 6.07) is 9.66. The van der Waals surface area contributed by atoms with Crippen LogP contribution < -0.4 is 15.5 Å². The summed E-state index contributed by atoms with van der Waals surface area (Å²) in [5.74, 6) is 2.49. The summed E-state index contributed by atoms with van der Waals surface area (Å²) in [5, 5.41) is 6.29. The fourth-order valence-electron chi connectivity index (χ4n) is 3.49. The normalized spacial score (nSPS) is 19.3. The Hall–Kier alpha value is -2.67. The second-order valence-corrected chi connectivity index (χ2v) is 7.10. The molecule has 2 aliphatic rings. The van der Waals surface area contributed by atoms with Gasteiger partial charge in [0.15, 0.2) is 0 Å². The smallest absolute Gasteiger partial charge is 0.229 e. The van der Waals surface area contributed by atoms with Gasteiger partial charge in [0.1, 0.15) is 17.5 Å². The summed E-state index contributed by atoms with van der Waals surface area (Å²) in [6.07, 6.45) is 3.22. The number of carbonyl (C=O) groups is 1. The molecule has 7 heteroatoms. The van der Waals surface area contributed by atoms with E-state index in [4.69, 9.17) is 4.74 Å². The van der Waals surface area contributed by atoms with Crippen molar-refractivity contribution in [2.24, 2.45) is 5.92 Å². The van der Waals surface area contributed by atoms with Crippen LogP contribution in [0.2, 0.25) is 0 Å². The van der Waals surface area contributed by atoms with E-state index in [1.165, 1.54) is 12.8 Å². The van der Waals surface area contributed by atoms with Crippen molar-refractivity contribution in [1.82, 2.24) is 9.97 Å². The van der Waals surface area contributed by atoms with Gasteiger partial charge in [0.2, 0.25) is 5.91 Å². The highest BCUT2D eigenvalue weighted by atomic mass is 16.5. The lowest BCUT2D eigenvalue weighted by atomic mass is 10.1. The van der Waals surface area contributed by atoms with Crippen molar-refractivity contribution in [2.75, 3.05) is 41.8 Å². The molecule has 1 aromatic heterocycles. The number of carbonyl (C=O) groups excluding carboxylic acids is 1. The number of hydrogen-bond acceptors (Lipinski definition) is 6. The van der Waals surface area contributed by atoms with Gasteiger partial charge in [-0.05, 0) is 50.5 Å². The van der Waals surface area contributed by atoms with Gasteiger partial charge in [0.25, 0.3) is 0 Å². The van der Waals surface area contributed by atoms with Crippen molar-refractivity contribution in [1.29, 1.82) is 0 Å². The minimum Gasteiger partial charge on any atom is -0.381 e. The molecule has 0 spiro atoms. The molecular formula is C20H25N5O2. The SMILES string of the molecule is Cc1nc(Nc2ccc(NC(=O)C3CCOC3)cc2)cc(N2CCCC2)n1. The lowest BCUT2D eigenvalue weighted by molar-refractivity contribution is -0.119. The molecule has 2 N–H and O–H groups in total. The third-order valence-corrected chi connectivity index (χ3v) is 4.98. The van der Waals surface area contributed by atoms with Gasteiger partial charge in [-0.15, -0.1) is 0 Å². The van der Waals surface area contributed by atoms with E-state index in [9.17, 15) is 4.79 Å². The molecule has 1 unspecified atom stereocenters. The molecule has 2 fully saturated rings. The molecule has 3 heterocycles. The molecule has 0 aliphatic carbocycles. The standard InChI is InChI=1S/C20H25N5O2/c1-14-21-18(12-19(22-14)25-9-2-3-10-25)23-16-4-6-17(7-5-16)24-20(26)15-8-11-27-13-15/h4-7,12,15H,2-3,8-11,13H2,1H3,(H,24,26)(H,21,22,23). The van der Waals surface area contributed by atoms with Crippen LogP contribution in [0.1, 0.15) is 25.1 Å². The van der Waals surface area contributed by atoms with Gasteiger partial charge in [-0.3, -0.25) is 4.79 Å². The van der Waals surface area contributed by atoms with Crippen LogP contribution in [0.25, 0.3) is 0 Å². The van der Waals surface area contributed by atoms with Crippen molar-refractivity contribution >= 4 is 28.9 Å². The third kappa shape index (κ3) is 4.36. The largest absolute Gasteiger partial charge is 0.381 e. The van der Waals surface area contributed by atoms with E-state index in [2.05, 4.69) is 25.5 Å². The maximum absolute atomic E-state index is 12.2. The molecule has 2 aliphatic heterocycles. The molecule has 1 atom stereocenters. The fourth-order valence-corrected chi connectivity index (χ4v) is 3.49. The van der Waals surface area contributed by atoms with Crippen LogP contribution >= 0.6 is 0 Å². The van der Waals surface area contributed by atoms with Gasteiger partial charge in [-0.1, -0.05) is 0 Å². The summed E-state index contributed by atoms with van der Waals surface area (Å²) in [4.78, 5) is 23.5. The number of amides is 1. The van der Waals surface area contributed by atoms with Crippen LogP contribution in [0.15, 0.2) is 30.3 Å². The number of aryl methyl sites for hydroxylation is 1. The summed E-state index contributed by atoms with van der Waals surface area (Å²) < 4.78 is 5.27. The Kier molecular flexibility index (Phi) is 5.20. The second kappa shape index (κ2) is 7.92. The monoisotopic (exact) mass is 367 g/mol. The number of aromatic nitrogens is 2. The molecule has 2 saturated heterocycles. The van der Waals surface area contributed by atoms with E-state index in [0.29, 0.717) is 13.2 Å². The van der Waals surface area contributed by atoms with Gasteiger partial charge in [0.05, 0.1) is 12.5 Å². The van der Waals surface area contributed by atoms with E-state index >= 15 is 0 Å². The van der Waals surface area contributed by atoms with Crippen molar-refractivity contribution in [3.63, 3.8) is 0 Å². The van der Waals surface area contributed by atoms with Crippen molar-refractivity contribution in [2.45, 2.75) is 26.2 Å². The van der Waals surface area contributed by atoms with E-state index in [0.717, 1.165) is 48.3 Å². The second-order valence-electron chi connectivity index (χ2n) is 7.10. The molecule has 0 radical (unpaired) electrons. The van der Waals surface area contributed by atoms with Crippen molar-refractivity contribution in [3.8, 4) is 0 Å². The summed E-state index contributed by atoms with van der Waals surface area (Å²) in [5.41, 5.74) is 1.71. The third-order valence-electron chi connectivity index (χ3n) is 4.98. The zero-order chi connectivity index (χ0) is 18.6. The maximum atomic E-state index is 12.2. The van der Waals surface area contributed by atoms with Crippen LogP contribution in [0.4, 0.5) is 23.0 Å². The molecule has 27 heavy (non-hydrogen) atoms. The van der Waals surface area contributed by atoms with Gasteiger partial charge in [0, 0.05) is 37.1 Å². The number of hydrogen-bond donors (Lipinski definition) is 2. The van der Waals surface area contributed by atoms with Gasteiger partial charge < -0.3 is 20.3 Å². The lowest BCUT2D eigenvalue weighted by Gasteiger charge is -2.18. The molecule has 1 aromatic carbocycles. The molecule has 4 rings (SSSR count). The molecule has 2 aromatic rings. The number of nitrogens with zero attached hydrogens (tertiary/aromatic N) is 3. The van der Waals surface area contributed by atoms with Crippen molar-refractivity contribution in [3.05, 3.63) is 36.2 Å². The zero-order valence-electron chi connectivity index (χ0n) is 15.6. The number of rotatable bonds is 5. The minimum atomic E-state index is -0.0456. The molecule has 7 nitrogen and oxygen atoms in total. The van der Waals surface area contributed by atoms with E-state index in [1.807, 2.05) is 37.3 Å². The first-order chi connectivity index (χ1) is 13.2. The Morgan fingerprint density at radius 1 is 1.15 bits per heavy atom. The first-order valence-corrected chi connectivity index (χ1v) is 9.54. The van der Waals surface area contributed by atoms with Gasteiger partial charge in [-0.2, -0.15) is 0 Å². The Labute approximate surface area is 159 Å². The Morgan fingerprint density at radius 2 is 1.89 bits per heavy atom. The highest BCUT2D eigenvalue weighted by molar-refractivity contribution is 5.93. The minimum absolute atomic E-state index is 0.0230. The van der Waals surface area contributed by atoms with Crippen LogP contribution in [0, 0.1) is 12.8 Å². The summed E-state index contributed by atoms with van der Waals surface area (Å²) >= 11 is 0. The highest BCUT2D eigenvalue weighted by Gasteiger charge is 2.23. The molecule has 1 amide bonds. The Balaban J connectivity index is 1.41. The number of benzene rings is 1. The first-order valence-electron chi connectivity index (χ1n) is 9.54. The van der Waals surface area contributed by atoms with E-state index in [1.54, 1.807) is 0 Å². The van der Waals surface area contributed by atoms with E-state index < -0.39 is 0 Å². The number of nitrogens with one attached hydrogen (secondary N) is 2. The predicted octanol–water partition coefficient (Wildman–Crippen LogP) is 3.10. The van der Waals surface area contributed by atoms with Crippen LogP contribution in [0.5, 0.6) is 0 Å². The quantitative estimate of drug-likeness (QED) is 0.845. The topological polar surface area (TPSA) is 79.4 Å². The molecule has 0 bridgehead atoms. The van der Waals surface area contributed by atoms with E-state index in [-0.39, 0.29) is 11.8 Å². The highest BCUT2D eigenvalue weighted by Crippen LogP contribution is 2.24. The van der Waals surface area contributed by atoms with Crippen molar-refractivity contribution < 1.29 is 9.53 Å². The fraction of sp³-hybridized carbons (Fsp3) is 0.450. The average Bonchev–Trinajstić information content (AvgIpc) is 3.37. The predicted molar refractivity (Wildman–Crippen MR) is 105 cm³/mol. The van der Waals surface area contributed by atoms with Gasteiger partial charge >= 0.3 is 0 Å².